The highest BCUT2D eigenvalue weighted by molar-refractivity contribution is 5.95. The lowest BCUT2D eigenvalue weighted by atomic mass is 9.35. The highest BCUT2D eigenvalue weighted by Gasteiger charge is 2.96. The van der Waals surface area contributed by atoms with Gasteiger partial charge in [-0.05, 0) is 51.2 Å². The summed E-state index contributed by atoms with van der Waals surface area (Å²) in [5, 5.41) is 37.6. The summed E-state index contributed by atoms with van der Waals surface area (Å²) < 4.78 is 48.1. The molecule has 0 amide bonds. The average Bonchev–Trinajstić information content (AvgIpc) is 3.47. The third-order valence-corrected chi connectivity index (χ3v) is 14.7. The summed E-state index contributed by atoms with van der Waals surface area (Å²) in [4.78, 5) is 54.7. The molecule has 3 saturated carbocycles. The number of hydrogen-bond acceptors (Lipinski definition) is 15. The summed E-state index contributed by atoms with van der Waals surface area (Å²) in [6.45, 7) is 7.40. The molecule has 8 aliphatic rings. The van der Waals surface area contributed by atoms with Crippen LogP contribution in [0.5, 0.6) is 0 Å². The standard InChI is InChI=1S/C36H46O15/c1-8-16(2)19(38)11-18-12-21(49-17(3)37)33(27(40)44-6)14-47-23-24(33)32(18)15-48-35(43,28(41)45-7)26(32)30(4,25(23)39)36-22-13-20(31(36,5)51-36)34(42)9-10-46-29(34)50-22/h8-10,18,20-26,29,39,42-43H,11-15H2,1-7H3. The molecular weight excluding hydrogens is 672 g/mol. The van der Waals surface area contributed by atoms with E-state index in [2.05, 4.69) is 0 Å². The molecule has 280 valence electrons. The highest BCUT2D eigenvalue weighted by atomic mass is 16.7. The fourth-order valence-corrected chi connectivity index (χ4v) is 12.7. The van der Waals surface area contributed by atoms with Crippen molar-refractivity contribution in [3.8, 4) is 0 Å². The van der Waals surface area contributed by atoms with Crippen LogP contribution in [0.4, 0.5) is 0 Å². The van der Waals surface area contributed by atoms with Crippen molar-refractivity contribution in [3.63, 3.8) is 0 Å². The van der Waals surface area contributed by atoms with E-state index in [1.165, 1.54) is 26.4 Å². The Labute approximate surface area is 294 Å². The van der Waals surface area contributed by atoms with Gasteiger partial charge in [-0.2, -0.15) is 0 Å². The van der Waals surface area contributed by atoms with Gasteiger partial charge >= 0.3 is 17.9 Å². The van der Waals surface area contributed by atoms with E-state index in [9.17, 15) is 34.5 Å². The Kier molecular flexibility index (Phi) is 7.31. The monoisotopic (exact) mass is 718 g/mol. The van der Waals surface area contributed by atoms with Gasteiger partial charge in [0.25, 0.3) is 5.79 Å². The van der Waals surface area contributed by atoms with Crippen molar-refractivity contribution in [3.05, 3.63) is 24.0 Å². The van der Waals surface area contributed by atoms with Gasteiger partial charge in [-0.3, -0.25) is 14.4 Å². The summed E-state index contributed by atoms with van der Waals surface area (Å²) in [5.41, 5.74) is -8.74. The third-order valence-electron chi connectivity index (χ3n) is 14.7. The first-order chi connectivity index (χ1) is 23.9. The van der Waals surface area contributed by atoms with E-state index in [4.69, 9.17) is 37.9 Å². The van der Waals surface area contributed by atoms with Crippen LogP contribution >= 0.6 is 0 Å². The number of rotatable bonds is 7. The molecule has 3 aliphatic carbocycles. The number of Topliss-reactive ketones (excluding diaryl/α,β-unsaturated/α-hetero) is 1. The van der Waals surface area contributed by atoms with Crippen LogP contribution in [0.1, 0.15) is 53.9 Å². The summed E-state index contributed by atoms with van der Waals surface area (Å²) in [7, 11) is 2.29. The van der Waals surface area contributed by atoms with Gasteiger partial charge in [-0.15, -0.1) is 0 Å². The summed E-state index contributed by atoms with van der Waals surface area (Å²) in [5.74, 6) is -9.55. The summed E-state index contributed by atoms with van der Waals surface area (Å²) >= 11 is 0. The smallest absolute Gasteiger partial charge is 0.366 e. The maximum Gasteiger partial charge on any atom is 0.366 e. The lowest BCUT2D eigenvalue weighted by Gasteiger charge is -2.66. The number of ether oxygens (including phenoxy) is 8. The maximum atomic E-state index is 14.2. The van der Waals surface area contributed by atoms with Crippen molar-refractivity contribution in [2.24, 2.45) is 39.9 Å². The largest absolute Gasteiger partial charge is 0.469 e. The second-order valence-corrected chi connectivity index (χ2v) is 16.2. The highest BCUT2D eigenvalue weighted by Crippen LogP contribution is 2.83. The quantitative estimate of drug-likeness (QED) is 0.142. The Morgan fingerprint density at radius 3 is 2.37 bits per heavy atom. The third kappa shape index (κ3) is 3.69. The fourth-order valence-electron chi connectivity index (χ4n) is 12.7. The molecular formula is C36H46O15. The van der Waals surface area contributed by atoms with Crippen molar-refractivity contribution >= 4 is 23.7 Å². The molecule has 16 unspecified atom stereocenters. The first-order valence-corrected chi connectivity index (χ1v) is 17.5. The van der Waals surface area contributed by atoms with E-state index in [0.29, 0.717) is 5.57 Å². The number of hydrogen-bond donors (Lipinski definition) is 3. The Balaban J connectivity index is 1.40. The normalized spacial score (nSPS) is 54.0. The van der Waals surface area contributed by atoms with Crippen molar-refractivity contribution in [1.82, 2.24) is 0 Å². The Morgan fingerprint density at radius 2 is 1.73 bits per heavy atom. The maximum absolute atomic E-state index is 14.2. The molecule has 0 aromatic heterocycles. The SMILES string of the molecule is CC=C(C)C(=O)CC1CC(OC(C)=O)C2(C(=O)OC)COC3C2C12COC(O)(C(=O)OC)C2C(C)(C12OC1(C)C1CC2OC2OC=CC21O)C3O. The van der Waals surface area contributed by atoms with Gasteiger partial charge < -0.3 is 53.2 Å². The van der Waals surface area contributed by atoms with E-state index < -0.39 is 111 Å². The lowest BCUT2D eigenvalue weighted by Crippen LogP contribution is -2.78. The zero-order valence-electron chi connectivity index (χ0n) is 29.7. The number of allylic oxidation sites excluding steroid dienone is 2. The van der Waals surface area contributed by atoms with Gasteiger partial charge in [-0.25, -0.2) is 4.79 Å². The summed E-state index contributed by atoms with van der Waals surface area (Å²) in [6, 6.07) is 0. The molecule has 4 saturated heterocycles. The van der Waals surface area contributed by atoms with Crippen molar-refractivity contribution in [1.29, 1.82) is 0 Å². The zero-order valence-corrected chi connectivity index (χ0v) is 29.7. The molecule has 15 nitrogen and oxygen atoms in total. The minimum atomic E-state index is -2.74. The number of methoxy groups -OCH3 is 2. The molecule has 1 spiro atoms. The fraction of sp³-hybridized carbons (Fsp3) is 0.778. The average molecular weight is 719 g/mol. The van der Waals surface area contributed by atoms with Crippen LogP contribution in [0, 0.1) is 39.9 Å². The van der Waals surface area contributed by atoms with E-state index in [1.807, 2.05) is 0 Å². The van der Waals surface area contributed by atoms with E-state index >= 15 is 0 Å². The number of carbonyl (C=O) groups is 4. The first kappa shape index (κ1) is 35.1. The molecule has 2 bridgehead atoms. The number of carbonyl (C=O) groups excluding carboxylic acids is 4. The molecule has 16 atom stereocenters. The molecule has 51 heavy (non-hydrogen) atoms. The first-order valence-electron chi connectivity index (χ1n) is 17.5. The number of epoxide rings is 1. The van der Waals surface area contributed by atoms with Crippen molar-refractivity contribution < 1.29 is 72.4 Å². The van der Waals surface area contributed by atoms with Crippen LogP contribution < -0.4 is 0 Å². The van der Waals surface area contributed by atoms with E-state index in [0.717, 1.165) is 7.11 Å². The van der Waals surface area contributed by atoms with Crippen LogP contribution in [0.15, 0.2) is 24.0 Å². The van der Waals surface area contributed by atoms with E-state index in [-0.39, 0.29) is 38.3 Å². The van der Waals surface area contributed by atoms with Crippen LogP contribution in [0.25, 0.3) is 0 Å². The van der Waals surface area contributed by atoms with Crippen LogP contribution in [-0.4, -0.2) is 120 Å². The Morgan fingerprint density at radius 1 is 1.02 bits per heavy atom. The minimum Gasteiger partial charge on any atom is -0.469 e. The number of esters is 3. The molecule has 0 radical (unpaired) electrons. The molecule has 7 fully saturated rings. The molecule has 0 aromatic rings. The number of fused-ring (bicyclic) bond motifs is 7. The molecule has 5 aliphatic heterocycles. The van der Waals surface area contributed by atoms with Crippen LogP contribution in [0.2, 0.25) is 0 Å². The predicted octanol–water partition coefficient (Wildman–Crippen LogP) is 0.461. The predicted molar refractivity (Wildman–Crippen MR) is 168 cm³/mol. The van der Waals surface area contributed by atoms with E-state index in [1.54, 1.807) is 33.8 Å². The van der Waals surface area contributed by atoms with Crippen molar-refractivity contribution in [2.45, 2.75) is 107 Å². The second kappa shape index (κ2) is 10.6. The molecule has 3 N–H and O–H groups in total. The summed E-state index contributed by atoms with van der Waals surface area (Å²) in [6.07, 6.45) is -1.20. The van der Waals surface area contributed by atoms with Gasteiger partial charge in [0.2, 0.25) is 6.29 Å². The lowest BCUT2D eigenvalue weighted by molar-refractivity contribution is -0.310. The van der Waals surface area contributed by atoms with Gasteiger partial charge in [0.05, 0.1) is 52.0 Å². The second-order valence-electron chi connectivity index (χ2n) is 16.2. The minimum absolute atomic E-state index is 0.0680. The Bertz CT molecular complexity index is 1660. The number of aliphatic hydroxyl groups excluding tert-OH is 1. The molecule has 0 aromatic carbocycles. The van der Waals surface area contributed by atoms with Gasteiger partial charge in [-0.1, -0.05) is 13.0 Å². The van der Waals surface area contributed by atoms with Crippen LogP contribution in [-0.2, 0) is 57.1 Å². The van der Waals surface area contributed by atoms with Crippen molar-refractivity contribution in [2.75, 3.05) is 27.4 Å². The van der Waals surface area contributed by atoms with Gasteiger partial charge in [0, 0.05) is 41.9 Å². The topological polar surface area (TPSA) is 206 Å². The van der Waals surface area contributed by atoms with Gasteiger partial charge in [0.1, 0.15) is 22.7 Å². The number of ketones is 1. The Hall–Kier alpha value is -2.92. The van der Waals surface area contributed by atoms with Gasteiger partial charge in [0.15, 0.2) is 11.4 Å². The van der Waals surface area contributed by atoms with Crippen LogP contribution in [0.3, 0.4) is 0 Å². The number of aliphatic hydroxyl groups is 3. The molecule has 15 heteroatoms. The molecule has 8 rings (SSSR count). The zero-order chi connectivity index (χ0) is 36.9. The molecule has 5 heterocycles.